The van der Waals surface area contributed by atoms with Gasteiger partial charge in [0, 0.05) is 38.1 Å². The molecule has 2 heterocycles. The van der Waals surface area contributed by atoms with Crippen molar-refractivity contribution in [2.45, 2.75) is 19.5 Å². The van der Waals surface area contributed by atoms with Crippen LogP contribution in [0.5, 0.6) is 0 Å². The molecule has 1 aliphatic rings. The molecule has 0 spiro atoms. The first-order valence-electron chi connectivity index (χ1n) is 5.24. The Morgan fingerprint density at radius 3 is 3.20 bits per heavy atom. The summed E-state index contributed by atoms with van der Waals surface area (Å²) >= 11 is 0. The van der Waals surface area contributed by atoms with Gasteiger partial charge in [0.1, 0.15) is 6.54 Å². The Bertz CT molecular complexity index is 322. The number of rotatable bonds is 2. The Labute approximate surface area is 89.1 Å². The van der Waals surface area contributed by atoms with E-state index in [-0.39, 0.29) is 5.91 Å². The van der Waals surface area contributed by atoms with Crippen molar-refractivity contribution in [3.63, 3.8) is 0 Å². The first-order chi connectivity index (χ1) is 7.25. The highest BCUT2D eigenvalue weighted by Crippen LogP contribution is 2.00. The van der Waals surface area contributed by atoms with Crippen LogP contribution >= 0.6 is 0 Å². The third-order valence-corrected chi connectivity index (χ3v) is 2.58. The van der Waals surface area contributed by atoms with Crippen molar-refractivity contribution in [1.82, 2.24) is 20.0 Å². The van der Waals surface area contributed by atoms with Gasteiger partial charge in [-0.05, 0) is 13.0 Å². The zero-order valence-corrected chi connectivity index (χ0v) is 8.89. The highest BCUT2D eigenvalue weighted by Gasteiger charge is 2.20. The average Bonchev–Trinajstić information content (AvgIpc) is 2.70. The number of amides is 1. The molecule has 1 aliphatic heterocycles. The van der Waals surface area contributed by atoms with Crippen molar-refractivity contribution < 1.29 is 4.79 Å². The molecule has 1 aromatic rings. The van der Waals surface area contributed by atoms with Gasteiger partial charge < -0.3 is 10.2 Å². The predicted molar refractivity (Wildman–Crippen MR) is 56.3 cm³/mol. The van der Waals surface area contributed by atoms with E-state index in [1.807, 2.05) is 17.2 Å². The Balaban J connectivity index is 1.90. The molecule has 1 aromatic heterocycles. The summed E-state index contributed by atoms with van der Waals surface area (Å²) in [6, 6.07) is 2.22. The molecule has 0 aromatic carbocycles. The smallest absolute Gasteiger partial charge is 0.244 e. The standard InChI is InChI=1S/C10H16N4O/c1-9-7-13(6-4-11-9)10(15)8-14-5-2-3-12-14/h2-3,5,9,11H,4,6-8H2,1H3. The number of aromatic nitrogens is 2. The minimum atomic E-state index is 0.145. The molecule has 0 saturated carbocycles. The van der Waals surface area contributed by atoms with E-state index in [2.05, 4.69) is 17.3 Å². The number of nitrogens with zero attached hydrogens (tertiary/aromatic N) is 3. The molecule has 2 rings (SSSR count). The molecule has 15 heavy (non-hydrogen) atoms. The Morgan fingerprint density at radius 2 is 2.53 bits per heavy atom. The van der Waals surface area contributed by atoms with Crippen LogP contribution in [-0.2, 0) is 11.3 Å². The van der Waals surface area contributed by atoms with Crippen LogP contribution < -0.4 is 5.32 Å². The fraction of sp³-hybridized carbons (Fsp3) is 0.600. The third kappa shape index (κ3) is 2.56. The number of hydrogen-bond donors (Lipinski definition) is 1. The van der Waals surface area contributed by atoms with E-state index in [0.717, 1.165) is 19.6 Å². The van der Waals surface area contributed by atoms with Crippen LogP contribution in [0.4, 0.5) is 0 Å². The molecule has 1 saturated heterocycles. The lowest BCUT2D eigenvalue weighted by molar-refractivity contribution is -0.133. The maximum atomic E-state index is 11.8. The van der Waals surface area contributed by atoms with Gasteiger partial charge >= 0.3 is 0 Å². The SMILES string of the molecule is CC1CN(C(=O)Cn2cccn2)CCN1. The van der Waals surface area contributed by atoms with Gasteiger partial charge in [0.25, 0.3) is 0 Å². The highest BCUT2D eigenvalue weighted by atomic mass is 16.2. The van der Waals surface area contributed by atoms with Crippen molar-refractivity contribution in [2.75, 3.05) is 19.6 Å². The van der Waals surface area contributed by atoms with Crippen LogP contribution in [0.3, 0.4) is 0 Å². The molecule has 1 atom stereocenters. The molecule has 1 unspecified atom stereocenters. The molecular formula is C10H16N4O. The van der Waals surface area contributed by atoms with Crippen molar-refractivity contribution in [2.24, 2.45) is 0 Å². The minimum absolute atomic E-state index is 0.145. The summed E-state index contributed by atoms with van der Waals surface area (Å²) in [5.74, 6) is 0.145. The zero-order valence-electron chi connectivity index (χ0n) is 8.89. The van der Waals surface area contributed by atoms with Crippen LogP contribution in [-0.4, -0.2) is 46.3 Å². The normalized spacial score (nSPS) is 21.7. The second kappa shape index (κ2) is 4.44. The van der Waals surface area contributed by atoms with Crippen molar-refractivity contribution in [1.29, 1.82) is 0 Å². The summed E-state index contributed by atoms with van der Waals surface area (Å²) < 4.78 is 1.66. The number of carbonyl (C=O) groups excluding carboxylic acids is 1. The van der Waals surface area contributed by atoms with Gasteiger partial charge in [-0.25, -0.2) is 0 Å². The lowest BCUT2D eigenvalue weighted by Gasteiger charge is -2.31. The van der Waals surface area contributed by atoms with E-state index >= 15 is 0 Å². The second-order valence-electron chi connectivity index (χ2n) is 3.90. The van der Waals surface area contributed by atoms with Crippen LogP contribution in [0.2, 0.25) is 0 Å². The van der Waals surface area contributed by atoms with Gasteiger partial charge in [0.15, 0.2) is 0 Å². The molecule has 0 radical (unpaired) electrons. The van der Waals surface area contributed by atoms with Gasteiger partial charge in [-0.1, -0.05) is 0 Å². The fourth-order valence-electron chi connectivity index (χ4n) is 1.79. The predicted octanol–water partition coefficient (Wildman–Crippen LogP) is -0.297. The molecule has 5 nitrogen and oxygen atoms in total. The zero-order chi connectivity index (χ0) is 10.7. The Kier molecular flexibility index (Phi) is 3.01. The van der Waals surface area contributed by atoms with E-state index in [9.17, 15) is 4.79 Å². The summed E-state index contributed by atoms with van der Waals surface area (Å²) in [6.45, 7) is 4.91. The van der Waals surface area contributed by atoms with Gasteiger partial charge in [-0.15, -0.1) is 0 Å². The van der Waals surface area contributed by atoms with Crippen LogP contribution in [0, 0.1) is 0 Å². The van der Waals surface area contributed by atoms with Gasteiger partial charge in [-0.2, -0.15) is 5.10 Å². The molecule has 0 aliphatic carbocycles. The monoisotopic (exact) mass is 208 g/mol. The number of piperazine rings is 1. The van der Waals surface area contributed by atoms with Crippen LogP contribution in [0.1, 0.15) is 6.92 Å². The van der Waals surface area contributed by atoms with Crippen molar-refractivity contribution in [3.8, 4) is 0 Å². The largest absolute Gasteiger partial charge is 0.338 e. The van der Waals surface area contributed by atoms with Crippen LogP contribution in [0.25, 0.3) is 0 Å². The number of hydrogen-bond acceptors (Lipinski definition) is 3. The highest BCUT2D eigenvalue weighted by molar-refractivity contribution is 5.76. The number of carbonyl (C=O) groups is 1. The van der Waals surface area contributed by atoms with E-state index in [1.165, 1.54) is 0 Å². The molecule has 1 N–H and O–H groups in total. The topological polar surface area (TPSA) is 50.2 Å². The summed E-state index contributed by atoms with van der Waals surface area (Å²) in [6.07, 6.45) is 3.50. The minimum Gasteiger partial charge on any atom is -0.338 e. The number of nitrogens with one attached hydrogen (secondary N) is 1. The van der Waals surface area contributed by atoms with E-state index < -0.39 is 0 Å². The fourth-order valence-corrected chi connectivity index (χ4v) is 1.79. The summed E-state index contributed by atoms with van der Waals surface area (Å²) in [7, 11) is 0. The summed E-state index contributed by atoms with van der Waals surface area (Å²) in [4.78, 5) is 13.7. The first kappa shape index (κ1) is 10.2. The molecule has 0 bridgehead atoms. The van der Waals surface area contributed by atoms with E-state index in [0.29, 0.717) is 12.6 Å². The van der Waals surface area contributed by atoms with Gasteiger partial charge in [0.2, 0.25) is 5.91 Å². The Morgan fingerprint density at radius 1 is 1.67 bits per heavy atom. The Hall–Kier alpha value is -1.36. The van der Waals surface area contributed by atoms with Gasteiger partial charge in [0.05, 0.1) is 0 Å². The summed E-state index contributed by atoms with van der Waals surface area (Å²) in [5.41, 5.74) is 0. The lowest BCUT2D eigenvalue weighted by Crippen LogP contribution is -2.52. The van der Waals surface area contributed by atoms with Crippen molar-refractivity contribution >= 4 is 5.91 Å². The molecule has 1 fully saturated rings. The first-order valence-corrected chi connectivity index (χ1v) is 5.24. The van der Waals surface area contributed by atoms with Crippen molar-refractivity contribution in [3.05, 3.63) is 18.5 Å². The quantitative estimate of drug-likeness (QED) is 0.726. The average molecular weight is 208 g/mol. The second-order valence-corrected chi connectivity index (χ2v) is 3.90. The van der Waals surface area contributed by atoms with Crippen LogP contribution in [0.15, 0.2) is 18.5 Å². The maximum Gasteiger partial charge on any atom is 0.244 e. The third-order valence-electron chi connectivity index (χ3n) is 2.58. The van der Waals surface area contributed by atoms with E-state index in [1.54, 1.807) is 10.9 Å². The summed E-state index contributed by atoms with van der Waals surface area (Å²) in [5, 5.41) is 7.33. The maximum absolute atomic E-state index is 11.8. The molecule has 82 valence electrons. The lowest BCUT2D eigenvalue weighted by atomic mass is 10.2. The van der Waals surface area contributed by atoms with E-state index in [4.69, 9.17) is 0 Å². The van der Waals surface area contributed by atoms with Gasteiger partial charge in [-0.3, -0.25) is 9.48 Å². The molecule has 5 heteroatoms. The molecular weight excluding hydrogens is 192 g/mol. The molecule has 1 amide bonds.